The molecule has 0 bridgehead atoms. The van der Waals surface area contributed by atoms with Crippen molar-refractivity contribution in [3.05, 3.63) is 51.8 Å². The normalized spacial score (nSPS) is 12.2. The van der Waals surface area contributed by atoms with E-state index in [9.17, 15) is 4.79 Å². The van der Waals surface area contributed by atoms with Gasteiger partial charge in [-0.1, -0.05) is 29.3 Å². The molecule has 21 heavy (non-hydrogen) atoms. The van der Waals surface area contributed by atoms with Crippen molar-refractivity contribution in [1.29, 1.82) is 0 Å². The average molecular weight is 327 g/mol. The van der Waals surface area contributed by atoms with Crippen LogP contribution in [0.4, 0.5) is 0 Å². The van der Waals surface area contributed by atoms with E-state index in [4.69, 9.17) is 23.2 Å². The van der Waals surface area contributed by atoms with Crippen LogP contribution < -0.4 is 10.6 Å². The fraction of sp³-hybridized carbons (Fsp3) is 0.286. The molecule has 1 unspecified atom stereocenters. The molecule has 0 saturated carbocycles. The number of amides is 1. The molecule has 2 rings (SSSR count). The molecular weight excluding hydrogens is 311 g/mol. The molecule has 2 N–H and O–H groups in total. The van der Waals surface area contributed by atoms with E-state index < -0.39 is 6.04 Å². The zero-order valence-corrected chi connectivity index (χ0v) is 13.2. The maximum absolute atomic E-state index is 12.3. The van der Waals surface area contributed by atoms with Crippen molar-refractivity contribution >= 4 is 29.1 Å². The third-order valence-corrected chi connectivity index (χ3v) is 3.66. The van der Waals surface area contributed by atoms with Crippen molar-refractivity contribution in [2.24, 2.45) is 7.05 Å². The number of aryl methyl sites for hydroxylation is 1. The number of aromatic nitrogens is 2. The first-order valence-electron chi connectivity index (χ1n) is 6.38. The molecule has 0 radical (unpaired) electrons. The first-order valence-corrected chi connectivity index (χ1v) is 7.14. The molecule has 5 nitrogen and oxygen atoms in total. The second-order valence-electron chi connectivity index (χ2n) is 4.62. The van der Waals surface area contributed by atoms with E-state index in [0.717, 1.165) is 11.1 Å². The van der Waals surface area contributed by atoms with Crippen LogP contribution in [0, 0.1) is 0 Å². The van der Waals surface area contributed by atoms with Gasteiger partial charge < -0.3 is 10.6 Å². The summed E-state index contributed by atoms with van der Waals surface area (Å²) in [5.41, 5.74) is 1.62. The Kier molecular flexibility index (Phi) is 5.22. The molecule has 1 aromatic heterocycles. The number of halogens is 2. The van der Waals surface area contributed by atoms with Gasteiger partial charge in [0.2, 0.25) is 5.91 Å². The SMILES string of the molecule is CNC(C(=O)NCc1ccc(Cl)cc1Cl)c1cnn(C)c1. The van der Waals surface area contributed by atoms with Crippen molar-refractivity contribution in [2.45, 2.75) is 12.6 Å². The van der Waals surface area contributed by atoms with Gasteiger partial charge in [-0.2, -0.15) is 5.10 Å². The predicted octanol–water partition coefficient (Wildman–Crippen LogP) is 2.30. The topological polar surface area (TPSA) is 59.0 Å². The highest BCUT2D eigenvalue weighted by Gasteiger charge is 2.19. The minimum atomic E-state index is -0.454. The minimum absolute atomic E-state index is 0.142. The molecule has 112 valence electrons. The molecule has 2 aromatic rings. The van der Waals surface area contributed by atoms with Crippen LogP contribution in [0.3, 0.4) is 0 Å². The van der Waals surface area contributed by atoms with Crippen LogP contribution in [0.15, 0.2) is 30.6 Å². The zero-order valence-electron chi connectivity index (χ0n) is 11.7. The lowest BCUT2D eigenvalue weighted by Crippen LogP contribution is -2.35. The van der Waals surface area contributed by atoms with E-state index in [-0.39, 0.29) is 5.91 Å². The van der Waals surface area contributed by atoms with Gasteiger partial charge in [-0.3, -0.25) is 9.48 Å². The third-order valence-electron chi connectivity index (χ3n) is 3.08. The summed E-state index contributed by atoms with van der Waals surface area (Å²) in [7, 11) is 3.54. The number of benzene rings is 1. The highest BCUT2D eigenvalue weighted by Crippen LogP contribution is 2.21. The molecule has 1 aromatic carbocycles. The number of likely N-dealkylation sites (N-methyl/N-ethyl adjacent to an activating group) is 1. The monoisotopic (exact) mass is 326 g/mol. The number of hydrogen-bond acceptors (Lipinski definition) is 3. The molecule has 0 aliphatic carbocycles. The minimum Gasteiger partial charge on any atom is -0.350 e. The summed E-state index contributed by atoms with van der Waals surface area (Å²) in [6.07, 6.45) is 3.46. The molecule has 1 heterocycles. The lowest BCUT2D eigenvalue weighted by Gasteiger charge is -2.15. The van der Waals surface area contributed by atoms with E-state index in [2.05, 4.69) is 15.7 Å². The summed E-state index contributed by atoms with van der Waals surface area (Å²) in [5, 5.41) is 11.0. The highest BCUT2D eigenvalue weighted by atomic mass is 35.5. The summed E-state index contributed by atoms with van der Waals surface area (Å²) in [6.45, 7) is 0.341. The quantitative estimate of drug-likeness (QED) is 0.886. The molecule has 0 saturated heterocycles. The van der Waals surface area contributed by atoms with Crippen LogP contribution in [0.1, 0.15) is 17.2 Å². The maximum atomic E-state index is 12.3. The van der Waals surface area contributed by atoms with Crippen LogP contribution in [0.25, 0.3) is 0 Å². The third kappa shape index (κ3) is 3.97. The Morgan fingerprint density at radius 1 is 1.43 bits per heavy atom. The van der Waals surface area contributed by atoms with Crippen molar-refractivity contribution in [2.75, 3.05) is 7.05 Å². The van der Waals surface area contributed by atoms with E-state index in [0.29, 0.717) is 16.6 Å². The van der Waals surface area contributed by atoms with Gasteiger partial charge in [0.05, 0.1) is 6.20 Å². The average Bonchev–Trinajstić information content (AvgIpc) is 2.85. The van der Waals surface area contributed by atoms with E-state index in [1.807, 2.05) is 7.05 Å². The second kappa shape index (κ2) is 6.93. The second-order valence-corrected chi connectivity index (χ2v) is 5.47. The largest absolute Gasteiger partial charge is 0.350 e. The van der Waals surface area contributed by atoms with Crippen molar-refractivity contribution in [3.63, 3.8) is 0 Å². The Balaban J connectivity index is 2.03. The van der Waals surface area contributed by atoms with Crippen molar-refractivity contribution in [1.82, 2.24) is 20.4 Å². The Morgan fingerprint density at radius 2 is 2.19 bits per heavy atom. The number of carbonyl (C=O) groups is 1. The fourth-order valence-electron chi connectivity index (χ4n) is 1.99. The van der Waals surface area contributed by atoms with Crippen LogP contribution in [-0.4, -0.2) is 22.7 Å². The van der Waals surface area contributed by atoms with Crippen LogP contribution in [-0.2, 0) is 18.4 Å². The van der Waals surface area contributed by atoms with Gasteiger partial charge in [-0.05, 0) is 24.7 Å². The lowest BCUT2D eigenvalue weighted by atomic mass is 10.1. The number of carbonyl (C=O) groups excluding carboxylic acids is 1. The van der Waals surface area contributed by atoms with Gasteiger partial charge in [0, 0.05) is 35.4 Å². The van der Waals surface area contributed by atoms with Crippen molar-refractivity contribution in [3.8, 4) is 0 Å². The first-order chi connectivity index (χ1) is 10.0. The predicted molar refractivity (Wildman–Crippen MR) is 83.3 cm³/mol. The van der Waals surface area contributed by atoms with Crippen LogP contribution in [0.2, 0.25) is 10.0 Å². The van der Waals surface area contributed by atoms with Gasteiger partial charge in [0.15, 0.2) is 0 Å². The molecule has 0 aliphatic heterocycles. The summed E-state index contributed by atoms with van der Waals surface area (Å²) in [4.78, 5) is 12.3. The molecule has 7 heteroatoms. The summed E-state index contributed by atoms with van der Waals surface area (Å²) >= 11 is 11.9. The highest BCUT2D eigenvalue weighted by molar-refractivity contribution is 6.35. The maximum Gasteiger partial charge on any atom is 0.242 e. The summed E-state index contributed by atoms with van der Waals surface area (Å²) < 4.78 is 1.66. The molecule has 1 amide bonds. The number of rotatable bonds is 5. The smallest absolute Gasteiger partial charge is 0.242 e. The Labute approximate surface area is 133 Å². The zero-order chi connectivity index (χ0) is 15.4. The van der Waals surface area contributed by atoms with E-state index in [1.54, 1.807) is 42.3 Å². The van der Waals surface area contributed by atoms with Gasteiger partial charge in [0.1, 0.15) is 6.04 Å². The number of nitrogens with one attached hydrogen (secondary N) is 2. The van der Waals surface area contributed by atoms with Crippen molar-refractivity contribution < 1.29 is 4.79 Å². The van der Waals surface area contributed by atoms with Crippen LogP contribution >= 0.6 is 23.2 Å². The van der Waals surface area contributed by atoms with Gasteiger partial charge in [0.25, 0.3) is 0 Å². The Hall–Kier alpha value is -1.56. The van der Waals surface area contributed by atoms with Crippen LogP contribution in [0.5, 0.6) is 0 Å². The number of nitrogens with zero attached hydrogens (tertiary/aromatic N) is 2. The molecule has 0 spiro atoms. The van der Waals surface area contributed by atoms with E-state index in [1.165, 1.54) is 0 Å². The summed E-state index contributed by atoms with van der Waals surface area (Å²) in [6, 6.07) is 4.74. The molecule has 1 atom stereocenters. The standard InChI is InChI=1S/C14H16Cl2N4O/c1-17-13(10-7-19-20(2)8-10)14(21)18-6-9-3-4-11(15)5-12(9)16/h3-5,7-8,13,17H,6H2,1-2H3,(H,18,21). The van der Waals surface area contributed by atoms with E-state index >= 15 is 0 Å². The number of hydrogen-bond donors (Lipinski definition) is 2. The summed E-state index contributed by atoms with van der Waals surface area (Å²) in [5.74, 6) is -0.142. The Morgan fingerprint density at radius 3 is 2.76 bits per heavy atom. The van der Waals surface area contributed by atoms with Gasteiger partial charge in [-0.25, -0.2) is 0 Å². The van der Waals surface area contributed by atoms with Gasteiger partial charge >= 0.3 is 0 Å². The molecule has 0 fully saturated rings. The molecular formula is C14H16Cl2N4O. The first kappa shape index (κ1) is 15.8. The Bertz CT molecular complexity index is 642. The van der Waals surface area contributed by atoms with Gasteiger partial charge in [-0.15, -0.1) is 0 Å². The lowest BCUT2D eigenvalue weighted by molar-refractivity contribution is -0.123. The molecule has 0 aliphatic rings. The fourth-order valence-corrected chi connectivity index (χ4v) is 2.46.